The highest BCUT2D eigenvalue weighted by Gasteiger charge is 2.34. The Morgan fingerprint density at radius 3 is 2.06 bits per heavy atom. The summed E-state index contributed by atoms with van der Waals surface area (Å²) in [6.45, 7) is 10.9. The summed E-state index contributed by atoms with van der Waals surface area (Å²) in [5.74, 6) is 2.88. The first-order valence-corrected chi connectivity index (χ1v) is 7.20. The Labute approximate surface area is 101 Å². The van der Waals surface area contributed by atoms with E-state index < -0.39 is 0 Å². The second-order valence-electron chi connectivity index (χ2n) is 7.31. The van der Waals surface area contributed by atoms with E-state index in [4.69, 9.17) is 0 Å². The summed E-state index contributed by atoms with van der Waals surface area (Å²) in [7, 11) is 0. The maximum atomic E-state index is 3.73. The first-order chi connectivity index (χ1) is 7.47. The quantitative estimate of drug-likeness (QED) is 0.766. The Hall–Kier alpha value is -0.0400. The minimum Gasteiger partial charge on any atom is -0.313 e. The highest BCUT2D eigenvalue weighted by atomic mass is 15.0. The Kier molecular flexibility index (Phi) is 3.63. The molecular weight excluding hydrogens is 194 g/mol. The largest absolute Gasteiger partial charge is 0.313 e. The molecule has 0 saturated heterocycles. The molecule has 2 aliphatic carbocycles. The van der Waals surface area contributed by atoms with Gasteiger partial charge in [-0.15, -0.1) is 0 Å². The number of rotatable bonds is 3. The Bertz CT molecular complexity index is 220. The second kappa shape index (κ2) is 4.68. The fraction of sp³-hybridized carbons (Fsp3) is 1.00. The van der Waals surface area contributed by atoms with Gasteiger partial charge in [-0.3, -0.25) is 0 Å². The molecule has 0 spiro atoms. The van der Waals surface area contributed by atoms with Crippen molar-refractivity contribution < 1.29 is 0 Å². The number of hydrogen-bond acceptors (Lipinski definition) is 1. The third kappa shape index (κ3) is 3.23. The smallest absolute Gasteiger partial charge is 0.00965 e. The van der Waals surface area contributed by atoms with Crippen LogP contribution < -0.4 is 5.32 Å². The van der Waals surface area contributed by atoms with E-state index in [0.717, 1.165) is 23.8 Å². The van der Waals surface area contributed by atoms with E-state index in [1.165, 1.54) is 38.6 Å². The van der Waals surface area contributed by atoms with Crippen molar-refractivity contribution in [3.8, 4) is 0 Å². The van der Waals surface area contributed by atoms with Crippen LogP contribution in [0.4, 0.5) is 0 Å². The molecule has 0 aromatic heterocycles. The van der Waals surface area contributed by atoms with Gasteiger partial charge in [0.25, 0.3) is 0 Å². The van der Waals surface area contributed by atoms with Gasteiger partial charge in [0.2, 0.25) is 0 Å². The van der Waals surface area contributed by atoms with Crippen molar-refractivity contribution in [1.29, 1.82) is 0 Å². The summed E-state index contributed by atoms with van der Waals surface area (Å²) in [5.41, 5.74) is 0.531. The van der Waals surface area contributed by atoms with Crippen LogP contribution in [0.3, 0.4) is 0 Å². The normalized spacial score (nSPS) is 39.8. The number of hydrogen-bond donors (Lipinski definition) is 1. The van der Waals surface area contributed by atoms with E-state index in [2.05, 4.69) is 33.0 Å². The summed E-state index contributed by atoms with van der Waals surface area (Å²) < 4.78 is 0. The molecule has 0 heterocycles. The maximum absolute atomic E-state index is 3.73. The van der Waals surface area contributed by atoms with Gasteiger partial charge < -0.3 is 5.32 Å². The van der Waals surface area contributed by atoms with Crippen molar-refractivity contribution in [3.63, 3.8) is 0 Å². The lowest BCUT2D eigenvalue weighted by Crippen LogP contribution is -2.31. The SMILES string of the molecule is CC1CC1NCC1CCC(C(C)(C)C)CC1. The topological polar surface area (TPSA) is 12.0 Å². The van der Waals surface area contributed by atoms with Crippen LogP contribution in [-0.4, -0.2) is 12.6 Å². The van der Waals surface area contributed by atoms with Gasteiger partial charge in [-0.1, -0.05) is 27.7 Å². The van der Waals surface area contributed by atoms with Gasteiger partial charge in [0, 0.05) is 6.04 Å². The molecule has 0 aromatic carbocycles. The lowest BCUT2D eigenvalue weighted by Gasteiger charge is -2.37. The molecule has 2 unspecified atom stereocenters. The Morgan fingerprint density at radius 1 is 1.06 bits per heavy atom. The Morgan fingerprint density at radius 2 is 1.62 bits per heavy atom. The van der Waals surface area contributed by atoms with E-state index in [1.807, 2.05) is 0 Å². The fourth-order valence-electron chi connectivity index (χ4n) is 3.16. The van der Waals surface area contributed by atoms with Gasteiger partial charge in [-0.2, -0.15) is 0 Å². The summed E-state index contributed by atoms with van der Waals surface area (Å²) in [5, 5.41) is 3.73. The standard InChI is InChI=1S/C15H29N/c1-11-9-14(11)16-10-12-5-7-13(8-6-12)15(2,3)4/h11-14,16H,5-10H2,1-4H3. The van der Waals surface area contributed by atoms with Crippen LogP contribution >= 0.6 is 0 Å². The first kappa shape index (κ1) is 12.4. The molecule has 2 atom stereocenters. The maximum Gasteiger partial charge on any atom is 0.00965 e. The van der Waals surface area contributed by atoms with Crippen LogP contribution in [-0.2, 0) is 0 Å². The van der Waals surface area contributed by atoms with Crippen molar-refractivity contribution in [3.05, 3.63) is 0 Å². The lowest BCUT2D eigenvalue weighted by molar-refractivity contribution is 0.149. The molecule has 1 nitrogen and oxygen atoms in total. The molecule has 0 bridgehead atoms. The monoisotopic (exact) mass is 223 g/mol. The van der Waals surface area contributed by atoms with Crippen LogP contribution in [0.25, 0.3) is 0 Å². The fourth-order valence-corrected chi connectivity index (χ4v) is 3.16. The van der Waals surface area contributed by atoms with E-state index in [0.29, 0.717) is 5.41 Å². The van der Waals surface area contributed by atoms with Crippen LogP contribution in [0, 0.1) is 23.2 Å². The van der Waals surface area contributed by atoms with E-state index in [9.17, 15) is 0 Å². The van der Waals surface area contributed by atoms with Crippen molar-refractivity contribution in [1.82, 2.24) is 5.32 Å². The number of nitrogens with one attached hydrogen (secondary N) is 1. The minimum absolute atomic E-state index is 0.531. The summed E-state index contributed by atoms with van der Waals surface area (Å²) >= 11 is 0. The highest BCUT2D eigenvalue weighted by molar-refractivity contribution is 4.90. The van der Waals surface area contributed by atoms with Crippen molar-refractivity contribution in [2.45, 2.75) is 65.8 Å². The molecule has 1 heteroatoms. The van der Waals surface area contributed by atoms with Gasteiger partial charge in [0.15, 0.2) is 0 Å². The van der Waals surface area contributed by atoms with Gasteiger partial charge in [-0.05, 0) is 61.8 Å². The van der Waals surface area contributed by atoms with Crippen molar-refractivity contribution in [2.75, 3.05) is 6.54 Å². The average molecular weight is 223 g/mol. The van der Waals surface area contributed by atoms with Crippen LogP contribution in [0.2, 0.25) is 0 Å². The highest BCUT2D eigenvalue weighted by Crippen LogP contribution is 2.40. The zero-order valence-corrected chi connectivity index (χ0v) is 11.6. The van der Waals surface area contributed by atoms with Gasteiger partial charge in [0.05, 0.1) is 0 Å². The molecule has 0 aromatic rings. The van der Waals surface area contributed by atoms with Gasteiger partial charge >= 0.3 is 0 Å². The molecular formula is C15H29N. The lowest BCUT2D eigenvalue weighted by atomic mass is 9.70. The molecule has 0 amide bonds. The zero-order chi connectivity index (χ0) is 11.8. The van der Waals surface area contributed by atoms with Gasteiger partial charge in [-0.25, -0.2) is 0 Å². The van der Waals surface area contributed by atoms with Crippen molar-refractivity contribution in [2.24, 2.45) is 23.2 Å². The first-order valence-electron chi connectivity index (χ1n) is 7.20. The van der Waals surface area contributed by atoms with Gasteiger partial charge in [0.1, 0.15) is 0 Å². The summed E-state index contributed by atoms with van der Waals surface area (Å²) in [4.78, 5) is 0. The summed E-state index contributed by atoms with van der Waals surface area (Å²) in [6, 6.07) is 0.861. The molecule has 2 rings (SSSR count). The third-order valence-corrected chi connectivity index (χ3v) is 4.85. The predicted octanol–water partition coefficient (Wildman–Crippen LogP) is 3.84. The van der Waals surface area contributed by atoms with Crippen LogP contribution in [0.1, 0.15) is 59.8 Å². The predicted molar refractivity (Wildman–Crippen MR) is 70.5 cm³/mol. The van der Waals surface area contributed by atoms with Crippen LogP contribution in [0.5, 0.6) is 0 Å². The molecule has 2 aliphatic rings. The average Bonchev–Trinajstić information content (AvgIpc) is 2.91. The van der Waals surface area contributed by atoms with E-state index in [1.54, 1.807) is 0 Å². The van der Waals surface area contributed by atoms with Crippen LogP contribution in [0.15, 0.2) is 0 Å². The molecule has 0 radical (unpaired) electrons. The minimum atomic E-state index is 0.531. The second-order valence-corrected chi connectivity index (χ2v) is 7.31. The third-order valence-electron chi connectivity index (χ3n) is 4.85. The molecule has 16 heavy (non-hydrogen) atoms. The van der Waals surface area contributed by atoms with E-state index in [-0.39, 0.29) is 0 Å². The molecule has 2 fully saturated rings. The Balaban J connectivity index is 1.65. The zero-order valence-electron chi connectivity index (χ0n) is 11.6. The molecule has 2 saturated carbocycles. The van der Waals surface area contributed by atoms with E-state index >= 15 is 0 Å². The molecule has 94 valence electrons. The summed E-state index contributed by atoms with van der Waals surface area (Å²) in [6.07, 6.45) is 7.23. The van der Waals surface area contributed by atoms with Crippen molar-refractivity contribution >= 4 is 0 Å². The molecule has 0 aliphatic heterocycles. The molecule has 1 N–H and O–H groups in total.